The van der Waals surface area contributed by atoms with Gasteiger partial charge in [0.15, 0.2) is 0 Å². The third-order valence-corrected chi connectivity index (χ3v) is 2.85. The first-order valence-electron chi connectivity index (χ1n) is 5.94. The third kappa shape index (κ3) is 4.46. The van der Waals surface area contributed by atoms with Crippen molar-refractivity contribution < 1.29 is 14.7 Å². The maximum atomic E-state index is 11.8. The molecule has 1 atom stereocenters. The Morgan fingerprint density at radius 3 is 2.71 bits per heavy atom. The summed E-state index contributed by atoms with van der Waals surface area (Å²) in [5, 5.41) is 11.5. The van der Waals surface area contributed by atoms with Crippen molar-refractivity contribution in [1.82, 2.24) is 10.2 Å². The summed E-state index contributed by atoms with van der Waals surface area (Å²) in [6.45, 7) is 6.20. The average Bonchev–Trinajstić information content (AvgIpc) is 3.09. The number of amides is 2. The Labute approximate surface area is 101 Å². The van der Waals surface area contributed by atoms with Gasteiger partial charge in [0.25, 0.3) is 0 Å². The number of carbonyl (C=O) groups excluding carboxylic acids is 1. The van der Waals surface area contributed by atoms with Crippen LogP contribution in [0.3, 0.4) is 0 Å². The SMILES string of the molecule is C=CCN(C(=O)NCCC(C)C(=O)O)C1CC1. The predicted molar refractivity (Wildman–Crippen MR) is 64.7 cm³/mol. The van der Waals surface area contributed by atoms with Crippen LogP contribution in [-0.4, -0.2) is 41.1 Å². The molecule has 2 N–H and O–H groups in total. The molecule has 5 nitrogen and oxygen atoms in total. The van der Waals surface area contributed by atoms with Crippen LogP contribution in [0.1, 0.15) is 26.2 Å². The molecular weight excluding hydrogens is 220 g/mol. The standard InChI is InChI=1S/C12H20N2O3/c1-3-8-14(10-4-5-10)12(17)13-7-6-9(2)11(15)16/h3,9-10H,1,4-8H2,2H3,(H,13,17)(H,15,16). The van der Waals surface area contributed by atoms with Gasteiger partial charge in [-0.1, -0.05) is 13.0 Å². The van der Waals surface area contributed by atoms with Crippen molar-refractivity contribution in [3.05, 3.63) is 12.7 Å². The Morgan fingerprint density at radius 2 is 2.24 bits per heavy atom. The zero-order chi connectivity index (χ0) is 12.8. The fourth-order valence-electron chi connectivity index (χ4n) is 1.54. The number of nitrogens with one attached hydrogen (secondary N) is 1. The highest BCUT2D eigenvalue weighted by molar-refractivity contribution is 5.75. The molecule has 0 saturated heterocycles. The first kappa shape index (κ1) is 13.5. The molecule has 1 aliphatic rings. The molecule has 96 valence electrons. The van der Waals surface area contributed by atoms with Crippen LogP contribution in [0.15, 0.2) is 12.7 Å². The molecule has 1 saturated carbocycles. The van der Waals surface area contributed by atoms with Gasteiger partial charge < -0.3 is 15.3 Å². The topological polar surface area (TPSA) is 69.6 Å². The lowest BCUT2D eigenvalue weighted by atomic mass is 10.1. The zero-order valence-corrected chi connectivity index (χ0v) is 10.2. The van der Waals surface area contributed by atoms with Crippen LogP contribution in [0.2, 0.25) is 0 Å². The molecule has 17 heavy (non-hydrogen) atoms. The summed E-state index contributed by atoms with van der Waals surface area (Å²) in [4.78, 5) is 24.1. The van der Waals surface area contributed by atoms with Crippen molar-refractivity contribution in [3.8, 4) is 0 Å². The molecule has 1 fully saturated rings. The fraction of sp³-hybridized carbons (Fsp3) is 0.667. The second kappa shape index (κ2) is 6.27. The molecule has 5 heteroatoms. The number of carboxylic acids is 1. The van der Waals surface area contributed by atoms with Crippen molar-refractivity contribution in [3.63, 3.8) is 0 Å². The number of urea groups is 1. The minimum Gasteiger partial charge on any atom is -0.481 e. The van der Waals surface area contributed by atoms with Gasteiger partial charge >= 0.3 is 12.0 Å². The Bertz CT molecular complexity index is 300. The molecule has 0 bridgehead atoms. The number of carbonyl (C=O) groups is 2. The van der Waals surface area contributed by atoms with Gasteiger partial charge in [-0.15, -0.1) is 6.58 Å². The summed E-state index contributed by atoms with van der Waals surface area (Å²) in [5.41, 5.74) is 0. The van der Waals surface area contributed by atoms with Gasteiger partial charge in [-0.25, -0.2) is 4.79 Å². The minimum atomic E-state index is -0.829. The number of rotatable bonds is 7. The van der Waals surface area contributed by atoms with Gasteiger partial charge in [-0.3, -0.25) is 4.79 Å². The van der Waals surface area contributed by atoms with E-state index in [0.717, 1.165) is 12.8 Å². The van der Waals surface area contributed by atoms with E-state index in [1.54, 1.807) is 17.9 Å². The Morgan fingerprint density at radius 1 is 1.59 bits per heavy atom. The lowest BCUT2D eigenvalue weighted by Gasteiger charge is -2.21. The van der Waals surface area contributed by atoms with E-state index in [1.807, 2.05) is 0 Å². The van der Waals surface area contributed by atoms with Gasteiger partial charge in [0.1, 0.15) is 0 Å². The van der Waals surface area contributed by atoms with Crippen molar-refractivity contribution in [2.75, 3.05) is 13.1 Å². The molecule has 0 radical (unpaired) electrons. The Hall–Kier alpha value is -1.52. The lowest BCUT2D eigenvalue weighted by molar-refractivity contribution is -0.141. The van der Waals surface area contributed by atoms with E-state index >= 15 is 0 Å². The minimum absolute atomic E-state index is 0.120. The predicted octanol–water partition coefficient (Wildman–Crippen LogP) is 1.46. The van der Waals surface area contributed by atoms with E-state index in [4.69, 9.17) is 5.11 Å². The molecule has 0 aliphatic heterocycles. The lowest BCUT2D eigenvalue weighted by Crippen LogP contribution is -2.42. The van der Waals surface area contributed by atoms with Crippen molar-refractivity contribution in [2.45, 2.75) is 32.2 Å². The molecule has 1 unspecified atom stereocenters. The summed E-state index contributed by atoms with van der Waals surface area (Å²) in [6, 6.07) is 0.217. The molecule has 0 aromatic heterocycles. The van der Waals surface area contributed by atoms with Crippen LogP contribution in [0, 0.1) is 5.92 Å². The maximum absolute atomic E-state index is 11.8. The summed E-state index contributed by atoms with van der Waals surface area (Å²) in [7, 11) is 0. The largest absolute Gasteiger partial charge is 0.481 e. The molecule has 0 aromatic rings. The number of nitrogens with zero attached hydrogens (tertiary/aromatic N) is 1. The van der Waals surface area contributed by atoms with Crippen LogP contribution < -0.4 is 5.32 Å². The molecule has 0 heterocycles. The summed E-state index contributed by atoms with van der Waals surface area (Å²) < 4.78 is 0. The van der Waals surface area contributed by atoms with Crippen LogP contribution in [0.5, 0.6) is 0 Å². The summed E-state index contributed by atoms with van der Waals surface area (Å²) >= 11 is 0. The first-order chi connectivity index (χ1) is 8.06. The van der Waals surface area contributed by atoms with E-state index in [9.17, 15) is 9.59 Å². The Kier molecular flexibility index (Phi) is 5.00. The number of hydrogen-bond acceptors (Lipinski definition) is 2. The normalized spacial score (nSPS) is 16.1. The first-order valence-corrected chi connectivity index (χ1v) is 5.94. The number of carboxylic acid groups (broad SMARTS) is 1. The van der Waals surface area contributed by atoms with E-state index in [1.165, 1.54) is 0 Å². The van der Waals surface area contributed by atoms with Gasteiger partial charge in [0.2, 0.25) is 0 Å². The highest BCUT2D eigenvalue weighted by Gasteiger charge is 2.31. The van der Waals surface area contributed by atoms with E-state index in [2.05, 4.69) is 11.9 Å². The van der Waals surface area contributed by atoms with Crippen molar-refractivity contribution in [1.29, 1.82) is 0 Å². The monoisotopic (exact) mass is 240 g/mol. The van der Waals surface area contributed by atoms with Gasteiger partial charge in [0, 0.05) is 19.1 Å². The van der Waals surface area contributed by atoms with Crippen LogP contribution in [0.25, 0.3) is 0 Å². The molecule has 1 rings (SSSR count). The molecule has 0 spiro atoms. The third-order valence-electron chi connectivity index (χ3n) is 2.85. The highest BCUT2D eigenvalue weighted by Crippen LogP contribution is 2.26. The molecule has 2 amide bonds. The maximum Gasteiger partial charge on any atom is 0.317 e. The number of hydrogen-bond donors (Lipinski definition) is 2. The number of aliphatic carboxylic acids is 1. The Balaban J connectivity index is 2.27. The summed E-state index contributed by atoms with van der Waals surface area (Å²) in [5.74, 6) is -1.26. The molecule has 0 aromatic carbocycles. The van der Waals surface area contributed by atoms with E-state index < -0.39 is 11.9 Å². The van der Waals surface area contributed by atoms with Crippen molar-refractivity contribution >= 4 is 12.0 Å². The van der Waals surface area contributed by atoms with Crippen LogP contribution in [-0.2, 0) is 4.79 Å². The summed E-state index contributed by atoms with van der Waals surface area (Å²) in [6.07, 6.45) is 4.25. The fourth-order valence-corrected chi connectivity index (χ4v) is 1.54. The second-order valence-electron chi connectivity index (χ2n) is 4.43. The highest BCUT2D eigenvalue weighted by atomic mass is 16.4. The van der Waals surface area contributed by atoms with Gasteiger partial charge in [0.05, 0.1) is 5.92 Å². The average molecular weight is 240 g/mol. The van der Waals surface area contributed by atoms with Crippen LogP contribution in [0.4, 0.5) is 4.79 Å². The van der Waals surface area contributed by atoms with E-state index in [0.29, 0.717) is 25.6 Å². The van der Waals surface area contributed by atoms with Gasteiger partial charge in [-0.05, 0) is 19.3 Å². The van der Waals surface area contributed by atoms with Crippen molar-refractivity contribution in [2.24, 2.45) is 5.92 Å². The quantitative estimate of drug-likeness (QED) is 0.662. The van der Waals surface area contributed by atoms with E-state index in [-0.39, 0.29) is 6.03 Å². The molecular formula is C12H20N2O3. The van der Waals surface area contributed by atoms with Crippen LogP contribution >= 0.6 is 0 Å². The zero-order valence-electron chi connectivity index (χ0n) is 10.2. The second-order valence-corrected chi connectivity index (χ2v) is 4.43. The smallest absolute Gasteiger partial charge is 0.317 e. The molecule has 1 aliphatic carbocycles. The van der Waals surface area contributed by atoms with Gasteiger partial charge in [-0.2, -0.15) is 0 Å².